The second-order valence-corrected chi connectivity index (χ2v) is 7.37. The number of aromatic nitrogens is 2. The average molecular weight is 394 g/mol. The zero-order valence-electron chi connectivity index (χ0n) is 15.3. The Labute approximate surface area is 165 Å². The van der Waals surface area contributed by atoms with Gasteiger partial charge in [-0.05, 0) is 37.6 Å². The molecule has 0 bridgehead atoms. The molecule has 7 heteroatoms. The lowest BCUT2D eigenvalue weighted by atomic mass is 10.1. The third kappa shape index (κ3) is 5.00. The highest BCUT2D eigenvalue weighted by Gasteiger charge is 2.18. The molecule has 5 nitrogen and oxygen atoms in total. The highest BCUT2D eigenvalue weighted by atomic mass is 35.5. The third-order valence-electron chi connectivity index (χ3n) is 4.66. The van der Waals surface area contributed by atoms with E-state index in [2.05, 4.69) is 27.0 Å². The van der Waals surface area contributed by atoms with Gasteiger partial charge in [-0.1, -0.05) is 36.2 Å². The average Bonchev–Trinajstić information content (AvgIpc) is 2.63. The van der Waals surface area contributed by atoms with Gasteiger partial charge in [-0.3, -0.25) is 0 Å². The summed E-state index contributed by atoms with van der Waals surface area (Å²) in [6.45, 7) is 10.1. The second-order valence-electron chi connectivity index (χ2n) is 6.53. The van der Waals surface area contributed by atoms with Crippen molar-refractivity contribution in [3.8, 4) is 0 Å². The molecule has 2 aromatic rings. The summed E-state index contributed by atoms with van der Waals surface area (Å²) in [7, 11) is 0. The predicted molar refractivity (Wildman–Crippen MR) is 110 cm³/mol. The number of hydrogen-bond acceptors (Lipinski definition) is 5. The van der Waals surface area contributed by atoms with E-state index in [-0.39, 0.29) is 0 Å². The number of halogens is 2. The van der Waals surface area contributed by atoms with Crippen molar-refractivity contribution < 1.29 is 0 Å². The maximum Gasteiger partial charge on any atom is 0.227 e. The Morgan fingerprint density at radius 2 is 1.85 bits per heavy atom. The summed E-state index contributed by atoms with van der Waals surface area (Å²) in [6, 6.07) is 7.60. The molecule has 0 spiro atoms. The summed E-state index contributed by atoms with van der Waals surface area (Å²) < 4.78 is 0. The summed E-state index contributed by atoms with van der Waals surface area (Å²) >= 11 is 12.2. The SMILES string of the molecule is CCN1CCN(c2nc(C)cc(NCCc3ccc(Cl)cc3Cl)n2)CC1. The van der Waals surface area contributed by atoms with Crippen LogP contribution in [0.4, 0.5) is 11.8 Å². The molecule has 1 fully saturated rings. The van der Waals surface area contributed by atoms with Crippen LogP contribution in [0.15, 0.2) is 24.3 Å². The monoisotopic (exact) mass is 393 g/mol. The van der Waals surface area contributed by atoms with Gasteiger partial charge in [0.2, 0.25) is 5.95 Å². The Kier molecular flexibility index (Phi) is 6.57. The molecule has 26 heavy (non-hydrogen) atoms. The van der Waals surface area contributed by atoms with Gasteiger partial charge in [0.15, 0.2) is 0 Å². The lowest BCUT2D eigenvalue weighted by Crippen LogP contribution is -2.46. The minimum Gasteiger partial charge on any atom is -0.370 e. The van der Waals surface area contributed by atoms with Crippen LogP contribution < -0.4 is 10.2 Å². The van der Waals surface area contributed by atoms with Gasteiger partial charge in [-0.15, -0.1) is 0 Å². The summed E-state index contributed by atoms with van der Waals surface area (Å²) in [6.07, 6.45) is 0.809. The van der Waals surface area contributed by atoms with E-state index in [0.29, 0.717) is 10.0 Å². The molecule has 0 unspecified atom stereocenters. The smallest absolute Gasteiger partial charge is 0.227 e. The Bertz CT molecular complexity index is 745. The van der Waals surface area contributed by atoms with Gasteiger partial charge in [0, 0.05) is 54.5 Å². The summed E-state index contributed by atoms with van der Waals surface area (Å²) in [5.74, 6) is 1.67. The molecule has 0 saturated carbocycles. The molecule has 0 amide bonds. The minimum absolute atomic E-state index is 0.658. The largest absolute Gasteiger partial charge is 0.370 e. The van der Waals surface area contributed by atoms with Crippen LogP contribution in [0.1, 0.15) is 18.2 Å². The van der Waals surface area contributed by atoms with Crippen molar-refractivity contribution in [2.45, 2.75) is 20.3 Å². The van der Waals surface area contributed by atoms with Crippen LogP contribution in [0.25, 0.3) is 0 Å². The lowest BCUT2D eigenvalue weighted by Gasteiger charge is -2.34. The van der Waals surface area contributed by atoms with Crippen LogP contribution in [-0.2, 0) is 6.42 Å². The van der Waals surface area contributed by atoms with E-state index in [1.165, 1.54) is 0 Å². The van der Waals surface area contributed by atoms with Gasteiger partial charge in [0.05, 0.1) is 0 Å². The zero-order valence-corrected chi connectivity index (χ0v) is 16.8. The van der Waals surface area contributed by atoms with E-state index in [1.807, 2.05) is 25.1 Å². The fourth-order valence-corrected chi connectivity index (χ4v) is 3.60. The number of anilines is 2. The van der Waals surface area contributed by atoms with Gasteiger partial charge in [-0.25, -0.2) is 4.98 Å². The Morgan fingerprint density at radius 1 is 1.08 bits per heavy atom. The molecule has 1 N–H and O–H groups in total. The molecule has 2 heterocycles. The zero-order chi connectivity index (χ0) is 18.5. The Hall–Kier alpha value is -1.56. The predicted octanol–water partition coefficient (Wildman–Crippen LogP) is 3.89. The number of nitrogens with zero attached hydrogens (tertiary/aromatic N) is 4. The van der Waals surface area contributed by atoms with Crippen LogP contribution >= 0.6 is 23.2 Å². The first-order chi connectivity index (χ1) is 12.5. The number of rotatable bonds is 6. The number of aryl methyl sites for hydroxylation is 1. The van der Waals surface area contributed by atoms with E-state index >= 15 is 0 Å². The van der Waals surface area contributed by atoms with Gasteiger partial charge >= 0.3 is 0 Å². The van der Waals surface area contributed by atoms with Gasteiger partial charge in [0.25, 0.3) is 0 Å². The highest BCUT2D eigenvalue weighted by Crippen LogP contribution is 2.21. The van der Waals surface area contributed by atoms with Crippen LogP contribution in [-0.4, -0.2) is 54.1 Å². The normalized spacial score (nSPS) is 15.3. The Balaban J connectivity index is 1.61. The number of piperazine rings is 1. The number of hydrogen-bond donors (Lipinski definition) is 1. The van der Waals surface area contributed by atoms with Gasteiger partial charge in [0.1, 0.15) is 5.82 Å². The van der Waals surface area contributed by atoms with E-state index < -0.39 is 0 Å². The topological polar surface area (TPSA) is 44.3 Å². The number of benzene rings is 1. The maximum atomic E-state index is 6.24. The molecule has 1 aliphatic rings. The first-order valence-electron chi connectivity index (χ1n) is 9.06. The molecule has 1 saturated heterocycles. The quantitative estimate of drug-likeness (QED) is 0.806. The van der Waals surface area contributed by atoms with Crippen molar-refractivity contribution in [2.75, 3.05) is 49.5 Å². The van der Waals surface area contributed by atoms with Crippen molar-refractivity contribution >= 4 is 35.0 Å². The van der Waals surface area contributed by atoms with Gasteiger partial charge < -0.3 is 15.1 Å². The molecular formula is C19H25Cl2N5. The minimum atomic E-state index is 0.658. The Morgan fingerprint density at radius 3 is 2.54 bits per heavy atom. The molecule has 140 valence electrons. The molecular weight excluding hydrogens is 369 g/mol. The summed E-state index contributed by atoms with van der Waals surface area (Å²) in [4.78, 5) is 14.0. The number of nitrogens with one attached hydrogen (secondary N) is 1. The van der Waals surface area contributed by atoms with E-state index in [4.69, 9.17) is 28.2 Å². The fourth-order valence-electron chi connectivity index (χ4n) is 3.10. The first kappa shape index (κ1) is 19.2. The molecule has 1 aliphatic heterocycles. The van der Waals surface area contributed by atoms with Crippen LogP contribution in [0, 0.1) is 6.92 Å². The van der Waals surface area contributed by atoms with E-state index in [1.54, 1.807) is 6.07 Å². The molecule has 0 aliphatic carbocycles. The molecule has 0 atom stereocenters. The maximum absolute atomic E-state index is 6.24. The van der Waals surface area contributed by atoms with Crippen molar-refractivity contribution in [3.63, 3.8) is 0 Å². The van der Waals surface area contributed by atoms with Crippen molar-refractivity contribution in [1.29, 1.82) is 0 Å². The van der Waals surface area contributed by atoms with Crippen LogP contribution in [0.2, 0.25) is 10.0 Å². The molecule has 1 aromatic carbocycles. The highest BCUT2D eigenvalue weighted by molar-refractivity contribution is 6.35. The van der Waals surface area contributed by atoms with E-state index in [0.717, 1.165) is 68.7 Å². The molecule has 1 aromatic heterocycles. The van der Waals surface area contributed by atoms with Crippen molar-refractivity contribution in [2.24, 2.45) is 0 Å². The lowest BCUT2D eigenvalue weighted by molar-refractivity contribution is 0.270. The standard InChI is InChI=1S/C19H25Cl2N5/c1-3-25-8-10-26(11-9-25)19-23-14(2)12-18(24-19)22-7-6-15-4-5-16(20)13-17(15)21/h4-5,12-13H,3,6-11H2,1-2H3,(H,22,23,24). The van der Waals surface area contributed by atoms with E-state index in [9.17, 15) is 0 Å². The molecule has 3 rings (SSSR count). The fraction of sp³-hybridized carbons (Fsp3) is 0.474. The molecule has 0 radical (unpaired) electrons. The van der Waals surface area contributed by atoms with Gasteiger partial charge in [-0.2, -0.15) is 4.98 Å². The first-order valence-corrected chi connectivity index (χ1v) is 9.81. The van der Waals surface area contributed by atoms with Crippen molar-refractivity contribution in [3.05, 3.63) is 45.6 Å². The number of likely N-dealkylation sites (N-methyl/N-ethyl adjacent to an activating group) is 1. The van der Waals surface area contributed by atoms with Crippen LogP contribution in [0.5, 0.6) is 0 Å². The summed E-state index contributed by atoms with van der Waals surface area (Å²) in [5.41, 5.74) is 2.05. The van der Waals surface area contributed by atoms with Crippen molar-refractivity contribution in [1.82, 2.24) is 14.9 Å². The second kappa shape index (κ2) is 8.89. The van der Waals surface area contributed by atoms with Crippen LogP contribution in [0.3, 0.4) is 0 Å². The summed E-state index contributed by atoms with van der Waals surface area (Å²) in [5, 5.41) is 4.76. The third-order valence-corrected chi connectivity index (χ3v) is 5.25.